The minimum Gasteiger partial charge on any atom is -0.341 e. The molecule has 5 heteroatoms. The van der Waals surface area contributed by atoms with Crippen LogP contribution in [0.25, 0.3) is 17.1 Å². The number of carbonyl (C=O) groups excluding carboxylic acids is 2. The number of fused-ring (bicyclic) bond motifs is 1. The minimum atomic E-state index is -0.744. The molecular weight excluding hydrogens is 374 g/mol. The van der Waals surface area contributed by atoms with Gasteiger partial charge in [0, 0.05) is 27.1 Å². The summed E-state index contributed by atoms with van der Waals surface area (Å²) in [5, 5.41) is 0. The number of benzene rings is 2. The predicted molar refractivity (Wildman–Crippen MR) is 121 cm³/mol. The zero-order valence-corrected chi connectivity index (χ0v) is 18.3. The van der Waals surface area contributed by atoms with Gasteiger partial charge in [0.1, 0.15) is 17.5 Å². The van der Waals surface area contributed by atoms with E-state index in [1.54, 1.807) is 11.9 Å². The highest BCUT2D eigenvalue weighted by Crippen LogP contribution is 2.20. The van der Waals surface area contributed by atoms with Gasteiger partial charge >= 0.3 is 0 Å². The molecule has 0 spiro atoms. The second-order valence-electron chi connectivity index (χ2n) is 7.83. The molecule has 5 nitrogen and oxygen atoms in total. The van der Waals surface area contributed by atoms with Gasteiger partial charge in [-0.3, -0.25) is 9.59 Å². The molecule has 30 heavy (non-hydrogen) atoms. The second kappa shape index (κ2) is 9.08. The number of amides is 1. The van der Waals surface area contributed by atoms with E-state index >= 15 is 0 Å². The van der Waals surface area contributed by atoms with E-state index in [2.05, 4.69) is 30.1 Å². The largest absolute Gasteiger partial charge is 0.341 e. The molecule has 3 rings (SSSR count). The molecule has 0 radical (unpaired) electrons. The van der Waals surface area contributed by atoms with E-state index in [4.69, 9.17) is 0 Å². The van der Waals surface area contributed by atoms with Crippen LogP contribution in [0.4, 0.5) is 0 Å². The van der Waals surface area contributed by atoms with Crippen molar-refractivity contribution >= 4 is 28.8 Å². The molecule has 156 valence electrons. The van der Waals surface area contributed by atoms with Crippen LogP contribution in [-0.2, 0) is 29.6 Å². The topological polar surface area (TPSA) is 55.2 Å². The van der Waals surface area contributed by atoms with Crippen molar-refractivity contribution < 1.29 is 9.59 Å². The molecule has 0 bridgehead atoms. The normalized spacial score (nSPS) is 12.4. The number of ketones is 1. The smallest absolute Gasteiger partial charge is 0.233 e. The van der Waals surface area contributed by atoms with Gasteiger partial charge in [-0.15, -0.1) is 0 Å². The summed E-state index contributed by atoms with van der Waals surface area (Å²) in [6.07, 6.45) is 4.36. The van der Waals surface area contributed by atoms with Crippen molar-refractivity contribution in [3.05, 3.63) is 71.1 Å². The van der Waals surface area contributed by atoms with Crippen molar-refractivity contribution in [2.24, 2.45) is 13.0 Å². The molecule has 1 unspecified atom stereocenters. The fraction of sp³-hybridized carbons (Fsp3) is 0.320. The van der Waals surface area contributed by atoms with Gasteiger partial charge in [-0.2, -0.15) is 0 Å². The first kappa shape index (κ1) is 21.5. The van der Waals surface area contributed by atoms with Crippen molar-refractivity contribution in [2.75, 3.05) is 7.05 Å². The van der Waals surface area contributed by atoms with Crippen LogP contribution in [0.2, 0.25) is 0 Å². The van der Waals surface area contributed by atoms with Gasteiger partial charge in [0.2, 0.25) is 5.91 Å². The number of hydrogen-bond donors (Lipinski definition) is 0. The number of aryl methyl sites for hydroxylation is 2. The standard InChI is InChI=1S/C25H29N3O2/c1-6-9-20-14-19(13-12-17(20)2)16-27(4)25(30)21(18(3)29)15-24-26-22-10-7-8-11-23(22)28(24)5/h6-14,21H,15-16H2,1-5H3/b9-6-. The van der Waals surface area contributed by atoms with E-state index in [0.29, 0.717) is 13.0 Å². The zero-order valence-electron chi connectivity index (χ0n) is 18.3. The number of para-hydroxylation sites is 2. The van der Waals surface area contributed by atoms with E-state index in [1.165, 1.54) is 12.5 Å². The summed E-state index contributed by atoms with van der Waals surface area (Å²) in [6, 6.07) is 14.0. The van der Waals surface area contributed by atoms with Crippen LogP contribution in [0.1, 0.15) is 36.4 Å². The van der Waals surface area contributed by atoms with Gasteiger partial charge in [0.25, 0.3) is 0 Å². The third kappa shape index (κ3) is 4.51. The van der Waals surface area contributed by atoms with Gasteiger partial charge in [-0.25, -0.2) is 4.98 Å². The quantitative estimate of drug-likeness (QED) is 0.552. The fourth-order valence-corrected chi connectivity index (χ4v) is 3.73. The molecule has 1 aromatic heterocycles. The van der Waals surface area contributed by atoms with Crippen LogP contribution < -0.4 is 0 Å². The number of aromatic nitrogens is 2. The Kier molecular flexibility index (Phi) is 6.50. The third-order valence-electron chi connectivity index (χ3n) is 5.54. The SMILES string of the molecule is C/C=C\c1cc(CN(C)C(=O)C(Cc2nc3ccccc3n2C)C(C)=O)ccc1C. The number of nitrogens with zero attached hydrogens (tertiary/aromatic N) is 3. The Bertz CT molecular complexity index is 1110. The van der Waals surface area contributed by atoms with Crippen molar-refractivity contribution in [2.45, 2.75) is 33.7 Å². The summed E-state index contributed by atoms with van der Waals surface area (Å²) in [5.41, 5.74) is 5.23. The molecule has 0 N–H and O–H groups in total. The van der Waals surface area contributed by atoms with Gasteiger partial charge in [0.15, 0.2) is 0 Å². The van der Waals surface area contributed by atoms with Gasteiger partial charge < -0.3 is 9.47 Å². The highest BCUT2D eigenvalue weighted by Gasteiger charge is 2.28. The predicted octanol–water partition coefficient (Wildman–Crippen LogP) is 4.32. The number of rotatable bonds is 7. The summed E-state index contributed by atoms with van der Waals surface area (Å²) in [5.74, 6) is -0.324. The van der Waals surface area contributed by atoms with Gasteiger partial charge in [-0.1, -0.05) is 36.4 Å². The highest BCUT2D eigenvalue weighted by atomic mass is 16.2. The lowest BCUT2D eigenvalue weighted by atomic mass is 9.98. The van der Waals surface area contributed by atoms with Crippen molar-refractivity contribution in [3.8, 4) is 0 Å². The summed E-state index contributed by atoms with van der Waals surface area (Å²) < 4.78 is 1.96. The molecule has 1 heterocycles. The van der Waals surface area contributed by atoms with Crippen LogP contribution in [0, 0.1) is 12.8 Å². The average Bonchev–Trinajstić information content (AvgIpc) is 3.04. The lowest BCUT2D eigenvalue weighted by Gasteiger charge is -2.23. The van der Waals surface area contributed by atoms with Gasteiger partial charge in [0.05, 0.1) is 11.0 Å². The monoisotopic (exact) mass is 403 g/mol. The molecule has 3 aromatic rings. The summed E-state index contributed by atoms with van der Waals surface area (Å²) in [7, 11) is 3.67. The molecular formula is C25H29N3O2. The maximum Gasteiger partial charge on any atom is 0.233 e. The van der Waals surface area contributed by atoms with E-state index in [0.717, 1.165) is 28.0 Å². The summed E-state index contributed by atoms with van der Waals surface area (Å²) in [6.45, 7) is 5.99. The van der Waals surface area contributed by atoms with Crippen LogP contribution >= 0.6 is 0 Å². The van der Waals surface area contributed by atoms with E-state index < -0.39 is 5.92 Å². The molecule has 1 atom stereocenters. The number of allylic oxidation sites excluding steroid dienone is 1. The molecule has 1 amide bonds. The Morgan fingerprint density at radius 2 is 1.93 bits per heavy atom. The first-order chi connectivity index (χ1) is 14.3. The number of imidazole rings is 1. The molecule has 0 aliphatic heterocycles. The number of Topliss-reactive ketones (excluding diaryl/α,β-unsaturated/α-hetero) is 1. The van der Waals surface area contributed by atoms with Crippen LogP contribution in [0.5, 0.6) is 0 Å². The first-order valence-corrected chi connectivity index (χ1v) is 10.2. The number of carbonyl (C=O) groups is 2. The molecule has 0 fully saturated rings. The van der Waals surface area contributed by atoms with Crippen LogP contribution in [-0.4, -0.2) is 33.2 Å². The second-order valence-corrected chi connectivity index (χ2v) is 7.83. The number of hydrogen-bond acceptors (Lipinski definition) is 3. The summed E-state index contributed by atoms with van der Waals surface area (Å²) >= 11 is 0. The Hall–Kier alpha value is -3.21. The lowest BCUT2D eigenvalue weighted by molar-refractivity contribution is -0.140. The average molecular weight is 404 g/mol. The summed E-state index contributed by atoms with van der Waals surface area (Å²) in [4.78, 5) is 31.8. The van der Waals surface area contributed by atoms with Crippen molar-refractivity contribution in [3.63, 3.8) is 0 Å². The van der Waals surface area contributed by atoms with Crippen molar-refractivity contribution in [1.82, 2.24) is 14.5 Å². The van der Waals surface area contributed by atoms with Crippen molar-refractivity contribution in [1.29, 1.82) is 0 Å². The Labute approximate surface area is 178 Å². The Morgan fingerprint density at radius 3 is 2.60 bits per heavy atom. The zero-order chi connectivity index (χ0) is 21.8. The molecule has 0 aliphatic rings. The maximum absolute atomic E-state index is 13.2. The maximum atomic E-state index is 13.2. The molecule has 0 saturated carbocycles. The Balaban J connectivity index is 1.80. The van der Waals surface area contributed by atoms with E-state index in [-0.39, 0.29) is 11.7 Å². The third-order valence-corrected chi connectivity index (χ3v) is 5.54. The molecule has 2 aromatic carbocycles. The highest BCUT2D eigenvalue weighted by molar-refractivity contribution is 6.00. The molecule has 0 aliphatic carbocycles. The van der Waals surface area contributed by atoms with E-state index in [9.17, 15) is 9.59 Å². The van der Waals surface area contributed by atoms with Crippen LogP contribution in [0.3, 0.4) is 0 Å². The first-order valence-electron chi connectivity index (χ1n) is 10.2. The Morgan fingerprint density at radius 1 is 1.20 bits per heavy atom. The minimum absolute atomic E-state index is 0.141. The molecule has 0 saturated heterocycles. The van der Waals surface area contributed by atoms with Gasteiger partial charge in [-0.05, 0) is 55.7 Å². The lowest BCUT2D eigenvalue weighted by Crippen LogP contribution is -2.37. The van der Waals surface area contributed by atoms with Crippen LogP contribution in [0.15, 0.2) is 48.5 Å². The fourth-order valence-electron chi connectivity index (χ4n) is 3.73. The van der Waals surface area contributed by atoms with E-state index in [1.807, 2.05) is 54.9 Å².